The first-order chi connectivity index (χ1) is 5.41. The van der Waals surface area contributed by atoms with Gasteiger partial charge in [0.25, 0.3) is 0 Å². The highest BCUT2D eigenvalue weighted by atomic mass is 127. The highest BCUT2D eigenvalue weighted by Gasteiger charge is 2.19. The Morgan fingerprint density at radius 2 is 2.17 bits per heavy atom. The summed E-state index contributed by atoms with van der Waals surface area (Å²) in [4.78, 5) is 0.850. The van der Waals surface area contributed by atoms with Crippen LogP contribution in [0.15, 0.2) is 16.3 Å². The summed E-state index contributed by atoms with van der Waals surface area (Å²) in [6, 6.07) is 3.61. The van der Waals surface area contributed by atoms with Crippen LogP contribution in [-0.4, -0.2) is 9.32 Å². The van der Waals surface area contributed by atoms with Crippen LogP contribution in [0.3, 0.4) is 0 Å². The Morgan fingerprint density at radius 3 is 2.42 bits per heavy atom. The van der Waals surface area contributed by atoms with E-state index in [0.717, 1.165) is 9.09 Å². The van der Waals surface area contributed by atoms with Gasteiger partial charge in [-0.1, -0.05) is 0 Å². The molecule has 0 fully saturated rings. The molecule has 0 aliphatic rings. The van der Waals surface area contributed by atoms with Crippen molar-refractivity contribution in [2.24, 2.45) is 0 Å². The molecule has 1 aromatic heterocycles. The van der Waals surface area contributed by atoms with E-state index in [4.69, 9.17) is 0 Å². The molecule has 0 spiro atoms. The fraction of sp³-hybridized carbons (Fsp3) is 0.429. The van der Waals surface area contributed by atoms with Crippen LogP contribution >= 0.6 is 32.5 Å². The van der Waals surface area contributed by atoms with Crippen molar-refractivity contribution in [3.05, 3.63) is 17.0 Å². The molecule has 12 heavy (non-hydrogen) atoms. The van der Waals surface area contributed by atoms with Gasteiger partial charge in [0.15, 0.2) is 0 Å². The second-order valence-electron chi connectivity index (χ2n) is 2.90. The van der Waals surface area contributed by atoms with Gasteiger partial charge in [-0.3, -0.25) is 0 Å². The van der Waals surface area contributed by atoms with Gasteiger partial charge in [-0.2, -0.15) is 0 Å². The summed E-state index contributed by atoms with van der Waals surface area (Å²) in [5.74, 6) is 0. The predicted octanol–water partition coefficient (Wildman–Crippen LogP) is 2.43. The third-order valence-corrected chi connectivity index (χ3v) is 6.01. The minimum atomic E-state index is -0.966. The van der Waals surface area contributed by atoms with Gasteiger partial charge in [-0.05, 0) is 26.0 Å². The number of thiophene rings is 1. The molecule has 1 heterocycles. The normalized spacial score (nSPS) is 14.7. The summed E-state index contributed by atoms with van der Waals surface area (Å²) in [5, 5.41) is 9.59. The zero-order valence-corrected chi connectivity index (χ0v) is 10.5. The fourth-order valence-electron chi connectivity index (χ4n) is 0.735. The van der Waals surface area contributed by atoms with Crippen molar-refractivity contribution in [3.8, 4) is 0 Å². The standard InChI is InChI=1S/C7H9IO2S2/c1-7(2,9)5-3-4-6(11-5)12(8)10/h3-4,9H,1-2H3. The van der Waals surface area contributed by atoms with Crippen LogP contribution in [0.25, 0.3) is 0 Å². The van der Waals surface area contributed by atoms with Crippen molar-refractivity contribution in [1.29, 1.82) is 0 Å². The topological polar surface area (TPSA) is 37.3 Å². The summed E-state index contributed by atoms with van der Waals surface area (Å²) in [7, 11) is -0.966. The lowest BCUT2D eigenvalue weighted by atomic mass is 10.1. The number of aliphatic hydroxyl groups is 1. The summed E-state index contributed by atoms with van der Waals surface area (Å²) in [6.07, 6.45) is 0. The zero-order chi connectivity index (χ0) is 9.35. The van der Waals surface area contributed by atoms with E-state index in [-0.39, 0.29) is 0 Å². The summed E-state index contributed by atoms with van der Waals surface area (Å²) < 4.78 is 11.8. The van der Waals surface area contributed by atoms with Gasteiger partial charge >= 0.3 is 0 Å². The van der Waals surface area contributed by atoms with E-state index in [0.29, 0.717) is 0 Å². The van der Waals surface area contributed by atoms with E-state index in [9.17, 15) is 9.32 Å². The molecule has 1 aromatic rings. The van der Waals surface area contributed by atoms with E-state index in [1.807, 2.05) is 27.3 Å². The van der Waals surface area contributed by atoms with Gasteiger partial charge in [-0.15, -0.1) is 11.3 Å². The van der Waals surface area contributed by atoms with Crippen LogP contribution < -0.4 is 0 Å². The molecular formula is C7H9IO2S2. The highest BCUT2D eigenvalue weighted by molar-refractivity contribution is 14.2. The van der Waals surface area contributed by atoms with Crippen molar-refractivity contribution in [2.45, 2.75) is 23.7 Å². The molecule has 1 rings (SSSR count). The molecule has 0 aliphatic heterocycles. The minimum Gasteiger partial charge on any atom is -0.385 e. The first-order valence-electron chi connectivity index (χ1n) is 3.32. The lowest BCUT2D eigenvalue weighted by molar-refractivity contribution is 0.0825. The maximum absolute atomic E-state index is 11.0. The van der Waals surface area contributed by atoms with E-state index < -0.39 is 13.6 Å². The number of halogens is 1. The Morgan fingerprint density at radius 1 is 1.58 bits per heavy atom. The van der Waals surface area contributed by atoms with Crippen molar-refractivity contribution in [1.82, 2.24) is 0 Å². The summed E-state index contributed by atoms with van der Waals surface area (Å²) >= 11 is 3.24. The van der Waals surface area contributed by atoms with Crippen molar-refractivity contribution < 1.29 is 9.32 Å². The maximum Gasteiger partial charge on any atom is 0.126 e. The summed E-state index contributed by atoms with van der Waals surface area (Å²) in [6.45, 7) is 3.44. The third-order valence-electron chi connectivity index (χ3n) is 1.34. The first kappa shape index (κ1) is 10.6. The monoisotopic (exact) mass is 316 g/mol. The smallest absolute Gasteiger partial charge is 0.126 e. The molecule has 0 radical (unpaired) electrons. The zero-order valence-electron chi connectivity index (χ0n) is 6.70. The molecule has 1 atom stereocenters. The molecule has 0 aliphatic carbocycles. The predicted molar refractivity (Wildman–Crippen MR) is 60.0 cm³/mol. The molecule has 1 N–H and O–H groups in total. The lowest BCUT2D eigenvalue weighted by Crippen LogP contribution is -2.12. The van der Waals surface area contributed by atoms with E-state index in [2.05, 4.69) is 0 Å². The van der Waals surface area contributed by atoms with Gasteiger partial charge in [0.2, 0.25) is 0 Å². The Bertz CT molecular complexity index is 301. The molecule has 5 heteroatoms. The molecule has 0 amide bonds. The van der Waals surface area contributed by atoms with Crippen LogP contribution in [0, 0.1) is 0 Å². The molecule has 0 bridgehead atoms. The second-order valence-corrected chi connectivity index (χ2v) is 7.53. The van der Waals surface area contributed by atoms with Crippen LogP contribution in [0.5, 0.6) is 0 Å². The lowest BCUT2D eigenvalue weighted by Gasteiger charge is -2.13. The molecular weight excluding hydrogens is 307 g/mol. The quantitative estimate of drug-likeness (QED) is 0.672. The molecule has 0 saturated carbocycles. The van der Waals surface area contributed by atoms with Gasteiger partial charge in [0, 0.05) is 26.1 Å². The molecule has 0 aromatic carbocycles. The molecule has 68 valence electrons. The number of hydrogen-bond acceptors (Lipinski definition) is 3. The fourth-order valence-corrected chi connectivity index (χ4v) is 3.43. The summed E-state index contributed by atoms with van der Waals surface area (Å²) in [5.41, 5.74) is -0.821. The number of rotatable bonds is 2. The van der Waals surface area contributed by atoms with Crippen LogP contribution in [0.1, 0.15) is 18.7 Å². The van der Waals surface area contributed by atoms with Crippen LogP contribution in [-0.2, 0) is 13.6 Å². The SMILES string of the molecule is CC(C)(O)c1ccc(S(=O)I)s1. The van der Waals surface area contributed by atoms with Crippen molar-refractivity contribution in [2.75, 3.05) is 0 Å². The molecule has 2 nitrogen and oxygen atoms in total. The van der Waals surface area contributed by atoms with E-state index >= 15 is 0 Å². The highest BCUT2D eigenvalue weighted by Crippen LogP contribution is 2.30. The Balaban J connectivity index is 3.00. The van der Waals surface area contributed by atoms with Crippen molar-refractivity contribution >= 4 is 40.5 Å². The average molecular weight is 316 g/mol. The molecule has 0 saturated heterocycles. The van der Waals surface area contributed by atoms with E-state index in [1.54, 1.807) is 19.9 Å². The Labute approximate surface area is 90.0 Å². The minimum absolute atomic E-state index is 0.799. The van der Waals surface area contributed by atoms with Crippen LogP contribution in [0.4, 0.5) is 0 Å². The first-order valence-corrected chi connectivity index (χ1v) is 7.83. The Kier molecular flexibility index (Phi) is 3.30. The molecule has 1 unspecified atom stereocenters. The van der Waals surface area contributed by atoms with Gasteiger partial charge in [0.1, 0.15) is 12.2 Å². The van der Waals surface area contributed by atoms with Crippen LogP contribution in [0.2, 0.25) is 0 Å². The number of hydrogen-bond donors (Lipinski definition) is 1. The maximum atomic E-state index is 11.0. The second kappa shape index (κ2) is 3.73. The van der Waals surface area contributed by atoms with Gasteiger partial charge < -0.3 is 5.11 Å². The van der Waals surface area contributed by atoms with Crippen molar-refractivity contribution in [3.63, 3.8) is 0 Å². The Hall–Kier alpha value is 0.540. The average Bonchev–Trinajstić information content (AvgIpc) is 2.30. The third kappa shape index (κ3) is 2.51. The van der Waals surface area contributed by atoms with Gasteiger partial charge in [0.05, 0.1) is 5.60 Å². The van der Waals surface area contributed by atoms with Gasteiger partial charge in [-0.25, -0.2) is 4.21 Å². The largest absolute Gasteiger partial charge is 0.385 e. The van der Waals surface area contributed by atoms with E-state index in [1.165, 1.54) is 11.3 Å².